The van der Waals surface area contributed by atoms with Crippen molar-refractivity contribution in [3.8, 4) is 0 Å². The van der Waals surface area contributed by atoms with Crippen LogP contribution in [0.4, 0.5) is 10.5 Å². The van der Waals surface area contributed by atoms with Gasteiger partial charge in [-0.2, -0.15) is 5.10 Å². The van der Waals surface area contributed by atoms with Gasteiger partial charge in [-0.25, -0.2) is 4.79 Å². The van der Waals surface area contributed by atoms with Gasteiger partial charge in [0.1, 0.15) is 0 Å². The zero-order valence-corrected chi connectivity index (χ0v) is 11.0. The lowest BCUT2D eigenvalue weighted by Crippen LogP contribution is -2.31. The minimum atomic E-state index is -0.270. The monoisotopic (exact) mass is 259 g/mol. The van der Waals surface area contributed by atoms with Crippen molar-refractivity contribution in [3.05, 3.63) is 42.5 Å². The zero-order chi connectivity index (χ0) is 13.7. The minimum Gasteiger partial charge on any atom is -0.330 e. The second-order valence-electron chi connectivity index (χ2n) is 4.16. The molecule has 0 aromatic carbocycles. The van der Waals surface area contributed by atoms with E-state index in [4.69, 9.17) is 0 Å². The van der Waals surface area contributed by atoms with Gasteiger partial charge >= 0.3 is 6.03 Å². The first-order chi connectivity index (χ1) is 9.19. The van der Waals surface area contributed by atoms with Crippen LogP contribution in [-0.4, -0.2) is 20.8 Å². The Morgan fingerprint density at radius 2 is 2.32 bits per heavy atom. The highest BCUT2D eigenvalue weighted by molar-refractivity contribution is 5.89. The molecule has 100 valence electrons. The van der Waals surface area contributed by atoms with Gasteiger partial charge < -0.3 is 10.6 Å². The van der Waals surface area contributed by atoms with Crippen LogP contribution in [0.15, 0.2) is 36.8 Å². The van der Waals surface area contributed by atoms with Crippen LogP contribution in [0.25, 0.3) is 0 Å². The van der Waals surface area contributed by atoms with Gasteiger partial charge in [0.15, 0.2) is 0 Å². The van der Waals surface area contributed by atoms with Crippen molar-refractivity contribution in [3.63, 3.8) is 0 Å². The predicted molar refractivity (Wildman–Crippen MR) is 72.7 cm³/mol. The maximum absolute atomic E-state index is 11.8. The topological polar surface area (TPSA) is 71.8 Å². The Morgan fingerprint density at radius 3 is 2.95 bits per heavy atom. The van der Waals surface area contributed by atoms with E-state index in [9.17, 15) is 4.79 Å². The van der Waals surface area contributed by atoms with Crippen molar-refractivity contribution in [2.24, 2.45) is 0 Å². The molecule has 2 aromatic rings. The average Bonchev–Trinajstić information content (AvgIpc) is 2.87. The third-order valence-electron chi connectivity index (χ3n) is 2.69. The summed E-state index contributed by atoms with van der Waals surface area (Å²) in [7, 11) is 0. The molecule has 2 amide bonds. The molecule has 0 radical (unpaired) electrons. The molecule has 0 unspecified atom stereocenters. The average molecular weight is 259 g/mol. The molecule has 1 atom stereocenters. The Labute approximate surface area is 111 Å². The summed E-state index contributed by atoms with van der Waals surface area (Å²) in [5.41, 5.74) is 1.49. The molecule has 0 aliphatic carbocycles. The van der Waals surface area contributed by atoms with E-state index in [0.29, 0.717) is 5.69 Å². The van der Waals surface area contributed by atoms with Crippen molar-refractivity contribution in [2.75, 3.05) is 5.32 Å². The summed E-state index contributed by atoms with van der Waals surface area (Å²) in [6, 6.07) is 5.19. The van der Waals surface area contributed by atoms with Crippen molar-refractivity contribution in [1.29, 1.82) is 0 Å². The van der Waals surface area contributed by atoms with Gasteiger partial charge in [-0.1, -0.05) is 6.07 Å². The lowest BCUT2D eigenvalue weighted by Gasteiger charge is -2.13. The fraction of sp³-hybridized carbons (Fsp3) is 0.308. The number of amides is 2. The molecule has 2 rings (SSSR count). The number of rotatable bonds is 4. The Balaban J connectivity index is 1.91. The highest BCUT2D eigenvalue weighted by Crippen LogP contribution is 2.09. The highest BCUT2D eigenvalue weighted by Gasteiger charge is 2.10. The second kappa shape index (κ2) is 5.99. The highest BCUT2D eigenvalue weighted by atomic mass is 16.2. The smallest absolute Gasteiger partial charge is 0.319 e. The maximum atomic E-state index is 11.8. The van der Waals surface area contributed by atoms with Crippen LogP contribution in [0, 0.1) is 0 Å². The summed E-state index contributed by atoms with van der Waals surface area (Å²) in [6.45, 7) is 4.64. The summed E-state index contributed by atoms with van der Waals surface area (Å²) >= 11 is 0. The van der Waals surface area contributed by atoms with Crippen molar-refractivity contribution in [1.82, 2.24) is 20.1 Å². The number of anilines is 1. The van der Waals surface area contributed by atoms with Crippen LogP contribution in [0.2, 0.25) is 0 Å². The molecule has 0 aliphatic rings. The molecule has 6 nitrogen and oxygen atoms in total. The van der Waals surface area contributed by atoms with E-state index in [1.807, 2.05) is 32.0 Å². The first kappa shape index (κ1) is 13.1. The van der Waals surface area contributed by atoms with E-state index >= 15 is 0 Å². The molecule has 0 saturated carbocycles. The SMILES string of the molecule is CCn1cc(NC(=O)N[C@@H](C)c2ccccn2)cn1. The normalized spacial score (nSPS) is 11.9. The Kier molecular flexibility index (Phi) is 4.12. The molecule has 6 heteroatoms. The molecule has 2 heterocycles. The number of nitrogens with zero attached hydrogens (tertiary/aromatic N) is 3. The zero-order valence-electron chi connectivity index (χ0n) is 11.0. The molecule has 0 fully saturated rings. The summed E-state index contributed by atoms with van der Waals surface area (Å²) in [5.74, 6) is 0. The first-order valence-electron chi connectivity index (χ1n) is 6.20. The largest absolute Gasteiger partial charge is 0.330 e. The van der Waals surface area contributed by atoms with Gasteiger partial charge in [0.2, 0.25) is 0 Å². The van der Waals surface area contributed by atoms with Gasteiger partial charge in [-0.05, 0) is 26.0 Å². The molecule has 2 N–H and O–H groups in total. The minimum absolute atomic E-state index is 0.151. The third kappa shape index (κ3) is 3.54. The molecule has 0 spiro atoms. The summed E-state index contributed by atoms with van der Waals surface area (Å²) < 4.78 is 1.75. The van der Waals surface area contributed by atoms with Crippen LogP contribution < -0.4 is 10.6 Å². The lowest BCUT2D eigenvalue weighted by atomic mass is 10.2. The fourth-order valence-corrected chi connectivity index (χ4v) is 1.67. The van der Waals surface area contributed by atoms with Gasteiger partial charge in [0.05, 0.1) is 23.6 Å². The number of nitrogens with one attached hydrogen (secondary N) is 2. The van der Waals surface area contributed by atoms with Gasteiger partial charge in [-0.3, -0.25) is 9.67 Å². The number of carbonyl (C=O) groups is 1. The Hall–Kier alpha value is -2.37. The summed E-state index contributed by atoms with van der Waals surface area (Å²) in [5, 5.41) is 9.65. The predicted octanol–water partition coefficient (Wildman–Crippen LogP) is 2.18. The molecule has 0 saturated heterocycles. The molecule has 2 aromatic heterocycles. The second-order valence-corrected chi connectivity index (χ2v) is 4.16. The van der Waals surface area contributed by atoms with E-state index in [1.165, 1.54) is 0 Å². The summed E-state index contributed by atoms with van der Waals surface area (Å²) in [6.07, 6.45) is 5.11. The standard InChI is InChI=1S/C13H17N5O/c1-3-18-9-11(8-15-18)17-13(19)16-10(2)12-6-4-5-7-14-12/h4-10H,3H2,1-2H3,(H2,16,17,19)/t10-/m0/s1. The molecule has 0 bridgehead atoms. The first-order valence-corrected chi connectivity index (χ1v) is 6.20. The third-order valence-corrected chi connectivity index (χ3v) is 2.69. The number of carbonyl (C=O) groups excluding carboxylic acids is 1. The Morgan fingerprint density at radius 1 is 1.47 bits per heavy atom. The van der Waals surface area contributed by atoms with Crippen LogP contribution >= 0.6 is 0 Å². The van der Waals surface area contributed by atoms with E-state index in [-0.39, 0.29) is 12.1 Å². The van der Waals surface area contributed by atoms with Crippen LogP contribution in [0.3, 0.4) is 0 Å². The van der Waals surface area contributed by atoms with Crippen LogP contribution in [0.1, 0.15) is 25.6 Å². The van der Waals surface area contributed by atoms with E-state index < -0.39 is 0 Å². The molecular weight excluding hydrogens is 242 g/mol. The Bertz CT molecular complexity index is 537. The number of hydrogen-bond acceptors (Lipinski definition) is 3. The fourth-order valence-electron chi connectivity index (χ4n) is 1.67. The van der Waals surface area contributed by atoms with Gasteiger partial charge in [0.25, 0.3) is 0 Å². The lowest BCUT2D eigenvalue weighted by molar-refractivity contribution is 0.249. The number of pyridine rings is 1. The van der Waals surface area contributed by atoms with Gasteiger partial charge in [0, 0.05) is 18.9 Å². The number of aryl methyl sites for hydroxylation is 1. The quantitative estimate of drug-likeness (QED) is 0.884. The number of urea groups is 1. The van der Waals surface area contributed by atoms with E-state index in [2.05, 4.69) is 20.7 Å². The van der Waals surface area contributed by atoms with E-state index in [0.717, 1.165) is 12.2 Å². The van der Waals surface area contributed by atoms with Gasteiger partial charge in [-0.15, -0.1) is 0 Å². The van der Waals surface area contributed by atoms with Crippen LogP contribution in [-0.2, 0) is 6.54 Å². The molecule has 19 heavy (non-hydrogen) atoms. The van der Waals surface area contributed by atoms with Crippen molar-refractivity contribution < 1.29 is 4.79 Å². The molecule has 0 aliphatic heterocycles. The van der Waals surface area contributed by atoms with Crippen molar-refractivity contribution in [2.45, 2.75) is 26.4 Å². The summed E-state index contributed by atoms with van der Waals surface area (Å²) in [4.78, 5) is 16.0. The van der Waals surface area contributed by atoms with Crippen molar-refractivity contribution >= 4 is 11.7 Å². The maximum Gasteiger partial charge on any atom is 0.319 e. The van der Waals surface area contributed by atoms with Crippen LogP contribution in [0.5, 0.6) is 0 Å². The van der Waals surface area contributed by atoms with E-state index in [1.54, 1.807) is 23.3 Å². The molecular formula is C13H17N5O. The number of aromatic nitrogens is 3. The number of hydrogen-bond donors (Lipinski definition) is 2.